The second-order valence-electron chi connectivity index (χ2n) is 8.19. The summed E-state index contributed by atoms with van der Waals surface area (Å²) in [5, 5.41) is 2.82. The number of allylic oxidation sites excluding steroid dienone is 1. The first-order chi connectivity index (χ1) is 14.5. The lowest BCUT2D eigenvalue weighted by atomic mass is 9.99. The van der Waals surface area contributed by atoms with Crippen molar-refractivity contribution >= 4 is 27.7 Å². The zero-order valence-corrected chi connectivity index (χ0v) is 17.8. The van der Waals surface area contributed by atoms with Crippen molar-refractivity contribution in [2.24, 2.45) is 7.05 Å². The lowest BCUT2D eigenvalue weighted by Crippen LogP contribution is -2.52. The molecule has 1 atom stereocenters. The summed E-state index contributed by atoms with van der Waals surface area (Å²) >= 11 is 0. The number of urea groups is 1. The number of imide groups is 1. The number of amides is 3. The number of fused-ring (bicyclic) bond motifs is 1. The van der Waals surface area contributed by atoms with Crippen molar-refractivity contribution in [2.45, 2.75) is 43.5 Å². The minimum absolute atomic E-state index is 0.0261. The zero-order chi connectivity index (χ0) is 22.6. The predicted octanol–water partition coefficient (Wildman–Crippen LogP) is 0.938. The molecule has 0 aromatic carbocycles. The van der Waals surface area contributed by atoms with Crippen LogP contribution in [0.3, 0.4) is 0 Å². The van der Waals surface area contributed by atoms with Crippen LogP contribution in [0.15, 0.2) is 36.2 Å². The molecule has 3 amide bonds. The summed E-state index contributed by atoms with van der Waals surface area (Å²) in [6, 6.07) is -0.893. The highest BCUT2D eigenvalue weighted by Crippen LogP contribution is 2.36. The molecule has 3 aliphatic rings. The predicted molar refractivity (Wildman–Crippen MR) is 106 cm³/mol. The Morgan fingerprint density at radius 1 is 1.35 bits per heavy atom. The highest BCUT2D eigenvalue weighted by molar-refractivity contribution is 7.90. The fourth-order valence-electron chi connectivity index (χ4n) is 3.56. The molecular weight excluding hydrogens is 432 g/mol. The molecule has 1 saturated carbocycles. The number of hydrogen-bond donors (Lipinski definition) is 1. The summed E-state index contributed by atoms with van der Waals surface area (Å²) in [6.45, 7) is 0.694. The molecule has 166 valence electrons. The molecule has 1 fully saturated rings. The van der Waals surface area contributed by atoms with E-state index in [-0.39, 0.29) is 17.8 Å². The van der Waals surface area contributed by atoms with Crippen LogP contribution in [0.4, 0.5) is 13.6 Å². The standard InChI is InChI=1S/C19H22F2N5O4S/c1-19(5-6-19)23-31(29,30)13-3-4-15-14(7-13)17(27)26(10-12-8-22-24(2)9-12)18(28)25(15)11-16(20)21/h3-4,7-9,13,16,23H,5-6,10-11H2,1-2H3/q+1. The van der Waals surface area contributed by atoms with E-state index < -0.39 is 45.7 Å². The van der Waals surface area contributed by atoms with Crippen molar-refractivity contribution in [3.8, 4) is 0 Å². The van der Waals surface area contributed by atoms with Gasteiger partial charge in [-0.3, -0.25) is 4.68 Å². The number of carbonyl (C=O) groups is 2. The molecule has 2 heterocycles. The Labute approximate surface area is 177 Å². The fourth-order valence-corrected chi connectivity index (χ4v) is 5.19. The van der Waals surface area contributed by atoms with Gasteiger partial charge in [-0.15, -0.1) is 0 Å². The van der Waals surface area contributed by atoms with Crippen molar-refractivity contribution < 1.29 is 31.4 Å². The van der Waals surface area contributed by atoms with E-state index in [9.17, 15) is 26.8 Å². The van der Waals surface area contributed by atoms with E-state index in [1.165, 1.54) is 29.1 Å². The molecule has 1 aliphatic heterocycles. The minimum atomic E-state index is -3.84. The lowest BCUT2D eigenvalue weighted by molar-refractivity contribution is -0.451. The molecule has 0 radical (unpaired) electrons. The number of aryl methyl sites for hydroxylation is 1. The van der Waals surface area contributed by atoms with Gasteiger partial charge in [-0.1, -0.05) is 6.08 Å². The summed E-state index contributed by atoms with van der Waals surface area (Å²) in [7, 11) is -2.18. The average Bonchev–Trinajstić information content (AvgIpc) is 3.25. The van der Waals surface area contributed by atoms with Crippen molar-refractivity contribution in [1.29, 1.82) is 0 Å². The van der Waals surface area contributed by atoms with Crippen LogP contribution < -0.4 is 4.72 Å². The van der Waals surface area contributed by atoms with Crippen LogP contribution in [0, 0.1) is 0 Å². The number of halogens is 2. The maximum atomic E-state index is 13.2. The molecule has 0 spiro atoms. The molecule has 31 heavy (non-hydrogen) atoms. The van der Waals surface area contributed by atoms with Gasteiger partial charge in [-0.25, -0.2) is 26.7 Å². The van der Waals surface area contributed by atoms with Crippen LogP contribution in [0.2, 0.25) is 0 Å². The second-order valence-corrected chi connectivity index (χ2v) is 10.0. The Balaban J connectivity index is 1.72. The summed E-state index contributed by atoms with van der Waals surface area (Å²) in [4.78, 5) is 26.8. The first kappa shape index (κ1) is 21.5. The Kier molecular flexibility index (Phi) is 5.16. The van der Waals surface area contributed by atoms with Gasteiger partial charge in [0.05, 0.1) is 6.20 Å². The molecule has 0 saturated heterocycles. The molecular formula is C19H22F2N5O4S+. The molecule has 12 heteroatoms. The van der Waals surface area contributed by atoms with E-state index in [1.54, 1.807) is 20.2 Å². The molecule has 1 N–H and O–H groups in total. The van der Waals surface area contributed by atoms with Crippen molar-refractivity contribution in [3.63, 3.8) is 0 Å². The van der Waals surface area contributed by atoms with Gasteiger partial charge in [0.1, 0.15) is 23.1 Å². The summed E-state index contributed by atoms with van der Waals surface area (Å²) in [6.07, 6.45) is 5.41. The van der Waals surface area contributed by atoms with Crippen LogP contribution in [-0.2, 0) is 28.4 Å². The summed E-state index contributed by atoms with van der Waals surface area (Å²) in [5.74, 6) is -0.739. The van der Waals surface area contributed by atoms with Crippen LogP contribution in [0.1, 0.15) is 25.3 Å². The molecule has 1 aromatic rings. The average molecular weight is 454 g/mol. The number of carbonyl (C=O) groups excluding carboxylic acids is 2. The highest BCUT2D eigenvalue weighted by atomic mass is 32.2. The van der Waals surface area contributed by atoms with Crippen molar-refractivity contribution in [3.05, 3.63) is 41.8 Å². The smallest absolute Gasteiger partial charge is 0.275 e. The van der Waals surface area contributed by atoms with Gasteiger partial charge in [0.25, 0.3) is 6.43 Å². The van der Waals surface area contributed by atoms with Crippen LogP contribution >= 0.6 is 0 Å². The first-order valence-corrected chi connectivity index (χ1v) is 11.2. The first-order valence-electron chi connectivity index (χ1n) is 9.68. The van der Waals surface area contributed by atoms with Crippen LogP contribution in [0.25, 0.3) is 0 Å². The van der Waals surface area contributed by atoms with Gasteiger partial charge >= 0.3 is 11.9 Å². The van der Waals surface area contributed by atoms with Gasteiger partial charge in [0.2, 0.25) is 10.0 Å². The summed E-state index contributed by atoms with van der Waals surface area (Å²) < 4.78 is 56.8. The minimum Gasteiger partial charge on any atom is -0.275 e. The molecule has 4 rings (SSSR count). The molecule has 2 aliphatic carbocycles. The quantitative estimate of drug-likeness (QED) is 0.618. The Hall–Kier alpha value is -2.73. The zero-order valence-electron chi connectivity index (χ0n) is 17.0. The monoisotopic (exact) mass is 454 g/mol. The Bertz CT molecular complexity index is 1150. The van der Waals surface area contributed by atoms with Gasteiger partial charge in [-0.05, 0) is 31.9 Å². The fraction of sp³-hybridized carbons (Fsp3) is 0.474. The number of alkyl halides is 2. The molecule has 1 unspecified atom stereocenters. The van der Waals surface area contributed by atoms with Gasteiger partial charge in [0.15, 0.2) is 6.54 Å². The third kappa shape index (κ3) is 4.22. The van der Waals surface area contributed by atoms with Crippen molar-refractivity contribution in [1.82, 2.24) is 19.4 Å². The van der Waals surface area contributed by atoms with E-state index >= 15 is 0 Å². The third-order valence-corrected chi connectivity index (χ3v) is 7.23. The number of sulfonamides is 1. The van der Waals surface area contributed by atoms with E-state index in [2.05, 4.69) is 9.82 Å². The number of hydrogen-bond acceptors (Lipinski definition) is 5. The molecule has 9 nitrogen and oxygen atoms in total. The largest absolute Gasteiger partial charge is 0.501 e. The SMILES string of the molecule is Cn1cc(CN2C(=O)C3=CC(S(=O)(=O)NC4(C)CC4)C=CC3=[N+](CC(F)F)C2=O)cn1. The number of rotatable bonds is 7. The van der Waals surface area contributed by atoms with Crippen LogP contribution in [-0.4, -0.2) is 69.1 Å². The van der Waals surface area contributed by atoms with E-state index in [0.717, 1.165) is 9.48 Å². The maximum Gasteiger partial charge on any atom is 0.501 e. The van der Waals surface area contributed by atoms with Gasteiger partial charge < -0.3 is 0 Å². The van der Waals surface area contributed by atoms with E-state index in [0.29, 0.717) is 18.4 Å². The van der Waals surface area contributed by atoms with Gasteiger partial charge in [-0.2, -0.15) is 19.4 Å². The van der Waals surface area contributed by atoms with E-state index in [1.807, 2.05) is 0 Å². The molecule has 0 bridgehead atoms. The van der Waals surface area contributed by atoms with Gasteiger partial charge in [0, 0.05) is 24.3 Å². The highest BCUT2D eigenvalue weighted by Gasteiger charge is 2.48. The summed E-state index contributed by atoms with van der Waals surface area (Å²) in [5.41, 5.74) is -0.0932. The van der Waals surface area contributed by atoms with Crippen LogP contribution in [0.5, 0.6) is 0 Å². The number of nitrogens with zero attached hydrogens (tertiary/aromatic N) is 4. The topological polar surface area (TPSA) is 104 Å². The number of nitrogens with one attached hydrogen (secondary N) is 1. The lowest BCUT2D eigenvalue weighted by Gasteiger charge is -2.26. The second kappa shape index (κ2) is 7.45. The maximum absolute atomic E-state index is 13.2. The Morgan fingerprint density at radius 2 is 2.06 bits per heavy atom. The Morgan fingerprint density at radius 3 is 2.65 bits per heavy atom. The molecule has 1 aromatic heterocycles. The third-order valence-electron chi connectivity index (χ3n) is 5.45. The van der Waals surface area contributed by atoms with E-state index in [4.69, 9.17) is 0 Å². The van der Waals surface area contributed by atoms with Crippen molar-refractivity contribution in [2.75, 3.05) is 6.54 Å². The number of aromatic nitrogens is 2. The normalized spacial score (nSPS) is 22.8.